The number of aryl methyl sites for hydroxylation is 1. The van der Waals surface area contributed by atoms with Gasteiger partial charge in [-0.1, -0.05) is 55.0 Å². The van der Waals surface area contributed by atoms with Crippen molar-refractivity contribution < 1.29 is 23.1 Å². The van der Waals surface area contributed by atoms with Gasteiger partial charge in [-0.05, 0) is 85.5 Å². The Balaban J connectivity index is 1.09. The van der Waals surface area contributed by atoms with E-state index in [9.17, 15) is 18.4 Å². The van der Waals surface area contributed by atoms with Crippen molar-refractivity contribution in [2.75, 3.05) is 20.2 Å². The highest BCUT2D eigenvalue weighted by Gasteiger charge is 2.42. The highest BCUT2D eigenvalue weighted by molar-refractivity contribution is 5.97. The maximum Gasteiger partial charge on any atom is 0.341 e. The van der Waals surface area contributed by atoms with Gasteiger partial charge in [0.1, 0.15) is 17.2 Å². The van der Waals surface area contributed by atoms with Gasteiger partial charge in [-0.2, -0.15) is 0 Å². The van der Waals surface area contributed by atoms with E-state index in [0.29, 0.717) is 17.0 Å². The van der Waals surface area contributed by atoms with E-state index in [4.69, 9.17) is 0 Å². The van der Waals surface area contributed by atoms with E-state index in [0.717, 1.165) is 31.9 Å². The molecule has 1 heterocycles. The number of carbonyl (C=O) groups is 2. The van der Waals surface area contributed by atoms with Crippen molar-refractivity contribution in [1.29, 1.82) is 0 Å². The third-order valence-electron chi connectivity index (χ3n) is 8.16. The molecule has 7 heteroatoms. The fourth-order valence-corrected chi connectivity index (χ4v) is 5.67. The first-order valence-electron chi connectivity index (χ1n) is 14.2. The van der Waals surface area contributed by atoms with E-state index in [1.807, 2.05) is 0 Å². The number of hydrogen-bond donors (Lipinski definition) is 1. The molecule has 5 rings (SSSR count). The summed E-state index contributed by atoms with van der Waals surface area (Å²) in [5.74, 6) is -1.82. The molecule has 1 aliphatic carbocycles. The number of ether oxygens (including phenoxy) is 1. The number of piperidine rings is 1. The molecule has 5 nitrogen and oxygen atoms in total. The maximum atomic E-state index is 14.9. The van der Waals surface area contributed by atoms with Gasteiger partial charge >= 0.3 is 5.97 Å². The highest BCUT2D eigenvalue weighted by Crippen LogP contribution is 2.42. The molecule has 2 aliphatic rings. The van der Waals surface area contributed by atoms with Gasteiger partial charge in [0.25, 0.3) is 0 Å². The summed E-state index contributed by atoms with van der Waals surface area (Å²) in [4.78, 5) is 27.3. The Morgan fingerprint density at radius 1 is 0.950 bits per heavy atom. The molecule has 0 bridgehead atoms. The van der Waals surface area contributed by atoms with Crippen molar-refractivity contribution in [2.45, 2.75) is 51.6 Å². The summed E-state index contributed by atoms with van der Waals surface area (Å²) in [6.45, 7) is 3.47. The van der Waals surface area contributed by atoms with Crippen molar-refractivity contribution >= 4 is 11.9 Å². The Morgan fingerprint density at radius 3 is 2.42 bits per heavy atom. The van der Waals surface area contributed by atoms with Gasteiger partial charge in [0.15, 0.2) is 0 Å². The first-order valence-corrected chi connectivity index (χ1v) is 14.2. The topological polar surface area (TPSA) is 58.6 Å². The lowest BCUT2D eigenvalue weighted by atomic mass is 9.98. The lowest BCUT2D eigenvalue weighted by Crippen LogP contribution is -2.29. The van der Waals surface area contributed by atoms with Crippen LogP contribution in [0.4, 0.5) is 8.78 Å². The number of methoxy groups -OCH3 is 1. The van der Waals surface area contributed by atoms with Crippen LogP contribution in [0.2, 0.25) is 0 Å². The Hall–Kier alpha value is -3.58. The van der Waals surface area contributed by atoms with Crippen LogP contribution in [0, 0.1) is 23.5 Å². The molecule has 1 amide bonds. The van der Waals surface area contributed by atoms with Crippen LogP contribution in [-0.4, -0.2) is 37.0 Å². The second-order valence-electron chi connectivity index (χ2n) is 11.0. The van der Waals surface area contributed by atoms with Crippen molar-refractivity contribution in [2.24, 2.45) is 11.8 Å². The molecule has 1 saturated heterocycles. The largest absolute Gasteiger partial charge is 0.465 e. The number of benzene rings is 3. The summed E-state index contributed by atoms with van der Waals surface area (Å²) in [5.41, 5.74) is 3.35. The first kappa shape index (κ1) is 28.0. The zero-order valence-corrected chi connectivity index (χ0v) is 22.9. The highest BCUT2D eigenvalue weighted by atomic mass is 19.1. The molecule has 40 heavy (non-hydrogen) atoms. The standard InChI is InChI=1S/C33H36F2N2O3/c1-40-33(39)31-27(6-5-7-29(31)34)25-14-15-26(30(35)19-25)20-36-32(38)28-18-24(28)13-12-22-8-10-23(11-9-22)21-37-16-3-2-4-17-37/h5-11,14-15,19,24,28H,2-4,12-13,16-18,20-21H2,1H3,(H,36,38)/t24-,28-/m1/s1. The van der Waals surface area contributed by atoms with Gasteiger partial charge in [0.05, 0.1) is 7.11 Å². The van der Waals surface area contributed by atoms with E-state index < -0.39 is 17.6 Å². The maximum absolute atomic E-state index is 14.9. The van der Waals surface area contributed by atoms with Crippen LogP contribution in [0.5, 0.6) is 0 Å². The first-order chi connectivity index (χ1) is 19.4. The van der Waals surface area contributed by atoms with Gasteiger partial charge in [0.2, 0.25) is 5.91 Å². The summed E-state index contributed by atoms with van der Waals surface area (Å²) in [6.07, 6.45) is 6.70. The predicted molar refractivity (Wildman–Crippen MR) is 150 cm³/mol. The monoisotopic (exact) mass is 546 g/mol. The lowest BCUT2D eigenvalue weighted by Gasteiger charge is -2.26. The van der Waals surface area contributed by atoms with Crippen LogP contribution >= 0.6 is 0 Å². The summed E-state index contributed by atoms with van der Waals surface area (Å²) in [5, 5.41) is 2.87. The van der Waals surface area contributed by atoms with Gasteiger partial charge in [-0.3, -0.25) is 9.69 Å². The van der Waals surface area contributed by atoms with E-state index in [1.54, 1.807) is 18.2 Å². The van der Waals surface area contributed by atoms with Gasteiger partial charge in [-0.25, -0.2) is 13.6 Å². The van der Waals surface area contributed by atoms with Crippen LogP contribution in [-0.2, 0) is 29.0 Å². The molecule has 2 atom stereocenters. The zero-order valence-electron chi connectivity index (χ0n) is 22.9. The molecule has 0 spiro atoms. The summed E-state index contributed by atoms with van der Waals surface area (Å²) >= 11 is 0. The number of hydrogen-bond acceptors (Lipinski definition) is 4. The van der Waals surface area contributed by atoms with Crippen molar-refractivity contribution in [3.63, 3.8) is 0 Å². The average molecular weight is 547 g/mol. The summed E-state index contributed by atoms with van der Waals surface area (Å²) < 4.78 is 33.9. The average Bonchev–Trinajstić information content (AvgIpc) is 3.76. The second-order valence-corrected chi connectivity index (χ2v) is 11.0. The Kier molecular flexibility index (Phi) is 8.90. The summed E-state index contributed by atoms with van der Waals surface area (Å²) in [6, 6.07) is 17.5. The van der Waals surface area contributed by atoms with E-state index in [2.05, 4.69) is 39.2 Å². The molecule has 1 N–H and O–H groups in total. The van der Waals surface area contributed by atoms with Crippen LogP contribution in [0.3, 0.4) is 0 Å². The molecular weight excluding hydrogens is 510 g/mol. The number of nitrogens with one attached hydrogen (secondary N) is 1. The summed E-state index contributed by atoms with van der Waals surface area (Å²) in [7, 11) is 1.17. The molecule has 0 radical (unpaired) electrons. The predicted octanol–water partition coefficient (Wildman–Crippen LogP) is 6.29. The number of likely N-dealkylation sites (tertiary alicyclic amines) is 1. The SMILES string of the molecule is COC(=O)c1c(F)cccc1-c1ccc(CNC(=O)[C@@H]2C[C@H]2CCc2ccc(CN3CCCCC3)cc2)c(F)c1. The molecule has 0 aromatic heterocycles. The van der Waals surface area contributed by atoms with Gasteiger partial charge in [-0.15, -0.1) is 0 Å². The van der Waals surface area contributed by atoms with Crippen LogP contribution in [0.25, 0.3) is 11.1 Å². The number of amides is 1. The fourth-order valence-electron chi connectivity index (χ4n) is 5.67. The normalized spacial score (nSPS) is 18.8. The smallest absolute Gasteiger partial charge is 0.341 e. The minimum atomic E-state index is -0.825. The Labute approximate surface area is 234 Å². The lowest BCUT2D eigenvalue weighted by molar-refractivity contribution is -0.122. The molecule has 210 valence electrons. The van der Waals surface area contributed by atoms with Gasteiger partial charge < -0.3 is 10.1 Å². The van der Waals surface area contributed by atoms with Crippen LogP contribution < -0.4 is 5.32 Å². The molecular formula is C33H36F2N2O3. The molecule has 3 aromatic rings. The number of halogens is 2. The molecule has 0 unspecified atom stereocenters. The molecule has 3 aromatic carbocycles. The molecule has 1 aliphatic heterocycles. The zero-order chi connectivity index (χ0) is 28.1. The molecule has 2 fully saturated rings. The fraction of sp³-hybridized carbons (Fsp3) is 0.394. The minimum Gasteiger partial charge on any atom is -0.465 e. The van der Waals surface area contributed by atoms with Crippen molar-refractivity contribution in [3.8, 4) is 11.1 Å². The van der Waals surface area contributed by atoms with E-state index in [-0.39, 0.29) is 29.5 Å². The van der Waals surface area contributed by atoms with E-state index in [1.165, 1.54) is 62.7 Å². The van der Waals surface area contributed by atoms with Crippen LogP contribution in [0.15, 0.2) is 60.7 Å². The third-order valence-corrected chi connectivity index (χ3v) is 8.16. The quantitative estimate of drug-likeness (QED) is 0.304. The molecule has 1 saturated carbocycles. The van der Waals surface area contributed by atoms with Crippen LogP contribution in [0.1, 0.15) is 59.2 Å². The third kappa shape index (κ3) is 6.76. The number of nitrogens with zero attached hydrogens (tertiary/aromatic N) is 1. The Morgan fingerprint density at radius 2 is 1.70 bits per heavy atom. The second kappa shape index (κ2) is 12.7. The van der Waals surface area contributed by atoms with E-state index >= 15 is 0 Å². The number of esters is 1. The van der Waals surface area contributed by atoms with Gasteiger partial charge in [0, 0.05) is 24.6 Å². The van der Waals surface area contributed by atoms with Crippen molar-refractivity contribution in [1.82, 2.24) is 10.2 Å². The van der Waals surface area contributed by atoms with Crippen molar-refractivity contribution in [3.05, 3.63) is 94.6 Å². The Bertz CT molecular complexity index is 1350. The number of rotatable bonds is 10. The minimum absolute atomic E-state index is 0.0318. The number of carbonyl (C=O) groups excluding carboxylic acids is 2.